The molecule has 2 aromatic carbocycles. The first-order valence-electron chi connectivity index (χ1n) is 11.4. The smallest absolute Gasteiger partial charge is 0.202 e. The second-order valence-electron chi connectivity index (χ2n) is 9.24. The van der Waals surface area contributed by atoms with E-state index in [2.05, 4.69) is 0 Å². The summed E-state index contributed by atoms with van der Waals surface area (Å²) in [6, 6.07) is 3.74. The fourth-order valence-corrected chi connectivity index (χ4v) is 5.31. The van der Waals surface area contributed by atoms with Crippen molar-refractivity contribution in [3.63, 3.8) is 0 Å². The molecular weight excluding hydrogens is 494 g/mol. The third-order valence-electron chi connectivity index (χ3n) is 7.18. The minimum Gasteiger partial charge on any atom is -0.507 e. The zero-order chi connectivity index (χ0) is 25.2. The highest BCUT2D eigenvalue weighted by Crippen LogP contribution is 2.50. The number of carbonyl (C=O) groups excluding carboxylic acids is 2. The van der Waals surface area contributed by atoms with Crippen molar-refractivity contribution in [3.8, 4) is 17.2 Å². The number of ketones is 2. The van der Waals surface area contributed by atoms with E-state index in [1.165, 1.54) is 19.2 Å². The molecule has 0 aromatic heterocycles. The lowest BCUT2D eigenvalue weighted by Crippen LogP contribution is -2.57. The number of benzene rings is 2. The molecule has 36 heavy (non-hydrogen) atoms. The van der Waals surface area contributed by atoms with Gasteiger partial charge < -0.3 is 40.4 Å². The summed E-state index contributed by atoms with van der Waals surface area (Å²) in [5, 5.41) is 43.3. The highest BCUT2D eigenvalue weighted by Gasteiger charge is 2.44. The van der Waals surface area contributed by atoms with Crippen LogP contribution in [0.3, 0.4) is 0 Å². The number of methoxy groups -OCH3 is 1. The standard InChI is InChI=1S/C25H27NO9.ClH/c1-9-21(28)20(26)15(8-34-9)35-14-7-10(27)6-12-17(14)25(32)19-18(23(12)30)22(29)11-4-3-5-13(33-2)16(11)24(19)31;/h3-5,9-10,14-15,20-21,27-28,30,32H,6-8,26H2,1-2H3;1H. The minimum absolute atomic E-state index is 0. The van der Waals surface area contributed by atoms with Crippen molar-refractivity contribution in [1.82, 2.24) is 0 Å². The first-order chi connectivity index (χ1) is 16.6. The van der Waals surface area contributed by atoms with Crippen LogP contribution in [-0.4, -0.2) is 76.2 Å². The number of carbonyl (C=O) groups is 2. The quantitative estimate of drug-likeness (QED) is 0.315. The van der Waals surface area contributed by atoms with Crippen molar-refractivity contribution in [2.24, 2.45) is 5.73 Å². The van der Waals surface area contributed by atoms with Crippen LogP contribution < -0.4 is 10.5 Å². The van der Waals surface area contributed by atoms with Gasteiger partial charge in [0.25, 0.3) is 0 Å². The van der Waals surface area contributed by atoms with Crippen LogP contribution in [-0.2, 0) is 15.9 Å². The number of fused-ring (bicyclic) bond motifs is 3. The Labute approximate surface area is 213 Å². The van der Waals surface area contributed by atoms with Crippen molar-refractivity contribution >= 4 is 24.0 Å². The number of hydrogen-bond donors (Lipinski definition) is 5. The summed E-state index contributed by atoms with van der Waals surface area (Å²) < 4.78 is 16.9. The van der Waals surface area contributed by atoms with Crippen LogP contribution in [0.1, 0.15) is 62.4 Å². The average molecular weight is 522 g/mol. The molecule has 10 nitrogen and oxygen atoms in total. The molecule has 0 spiro atoms. The van der Waals surface area contributed by atoms with E-state index >= 15 is 0 Å². The van der Waals surface area contributed by atoms with E-state index in [-0.39, 0.29) is 71.0 Å². The molecule has 5 rings (SSSR count). The summed E-state index contributed by atoms with van der Waals surface area (Å²) in [5.74, 6) is -2.13. The van der Waals surface area contributed by atoms with Gasteiger partial charge in [-0.25, -0.2) is 0 Å². The second-order valence-corrected chi connectivity index (χ2v) is 9.24. The number of halogens is 1. The molecule has 194 valence electrons. The number of aromatic hydroxyl groups is 2. The maximum atomic E-state index is 13.5. The van der Waals surface area contributed by atoms with E-state index in [4.69, 9.17) is 19.9 Å². The summed E-state index contributed by atoms with van der Waals surface area (Å²) in [4.78, 5) is 26.9. The van der Waals surface area contributed by atoms with Gasteiger partial charge in [-0.05, 0) is 13.0 Å². The van der Waals surface area contributed by atoms with Crippen LogP contribution in [0, 0.1) is 0 Å². The monoisotopic (exact) mass is 521 g/mol. The van der Waals surface area contributed by atoms with Gasteiger partial charge in [0.05, 0.1) is 67.0 Å². The fraction of sp³-hybridized carbons (Fsp3) is 0.440. The maximum Gasteiger partial charge on any atom is 0.202 e. The van der Waals surface area contributed by atoms with Crippen molar-refractivity contribution in [2.75, 3.05) is 13.7 Å². The highest BCUT2D eigenvalue weighted by atomic mass is 35.5. The van der Waals surface area contributed by atoms with E-state index in [0.717, 1.165) is 0 Å². The Kier molecular flexibility index (Phi) is 7.04. The van der Waals surface area contributed by atoms with Crippen LogP contribution in [0.25, 0.3) is 0 Å². The first-order valence-corrected chi connectivity index (χ1v) is 11.4. The lowest BCUT2D eigenvalue weighted by atomic mass is 9.76. The molecule has 0 radical (unpaired) electrons. The SMILES string of the molecule is COc1cccc2c1C(=O)c1c(O)c3c(c(O)c1C2=O)CC(O)CC3OC1COC(C)C(O)C1N.Cl. The van der Waals surface area contributed by atoms with Crippen molar-refractivity contribution in [2.45, 2.75) is 56.3 Å². The molecule has 1 saturated heterocycles. The summed E-state index contributed by atoms with van der Waals surface area (Å²) in [6.45, 7) is 1.76. The molecule has 0 amide bonds. The topological polar surface area (TPSA) is 169 Å². The minimum atomic E-state index is -0.990. The van der Waals surface area contributed by atoms with E-state index in [0.29, 0.717) is 0 Å². The Morgan fingerprint density at radius 2 is 1.75 bits per heavy atom. The van der Waals surface area contributed by atoms with Gasteiger partial charge in [-0.3, -0.25) is 9.59 Å². The van der Waals surface area contributed by atoms with Gasteiger partial charge in [0, 0.05) is 29.5 Å². The van der Waals surface area contributed by atoms with Gasteiger partial charge in [-0.1, -0.05) is 12.1 Å². The zero-order valence-electron chi connectivity index (χ0n) is 19.6. The Morgan fingerprint density at radius 3 is 2.44 bits per heavy atom. The van der Waals surface area contributed by atoms with Crippen LogP contribution in [0.2, 0.25) is 0 Å². The van der Waals surface area contributed by atoms with Crippen molar-refractivity contribution in [1.29, 1.82) is 0 Å². The van der Waals surface area contributed by atoms with Crippen molar-refractivity contribution < 1.29 is 44.2 Å². The number of aliphatic hydroxyl groups is 2. The number of phenolic OH excluding ortho intramolecular Hbond substituents is 2. The van der Waals surface area contributed by atoms with E-state index in [1.54, 1.807) is 13.0 Å². The number of phenols is 2. The van der Waals surface area contributed by atoms with Gasteiger partial charge in [-0.2, -0.15) is 0 Å². The number of nitrogens with two attached hydrogens (primary N) is 1. The molecule has 6 atom stereocenters. The molecule has 6 unspecified atom stereocenters. The molecule has 3 aliphatic rings. The molecule has 1 heterocycles. The lowest BCUT2D eigenvalue weighted by molar-refractivity contribution is -0.167. The number of rotatable bonds is 3. The Balaban J connectivity index is 0.00000304. The average Bonchev–Trinajstić information content (AvgIpc) is 2.84. The van der Waals surface area contributed by atoms with Gasteiger partial charge in [0.1, 0.15) is 17.2 Å². The Hall–Kier alpha value is -2.73. The van der Waals surface area contributed by atoms with Crippen LogP contribution in [0.5, 0.6) is 17.2 Å². The molecule has 0 bridgehead atoms. The van der Waals surface area contributed by atoms with Gasteiger partial charge in [-0.15, -0.1) is 12.4 Å². The summed E-state index contributed by atoms with van der Waals surface area (Å²) in [5.41, 5.74) is 5.76. The van der Waals surface area contributed by atoms with Crippen LogP contribution in [0.15, 0.2) is 18.2 Å². The van der Waals surface area contributed by atoms with E-state index in [9.17, 15) is 30.0 Å². The molecule has 6 N–H and O–H groups in total. The van der Waals surface area contributed by atoms with Gasteiger partial charge in [0.2, 0.25) is 5.78 Å². The zero-order valence-corrected chi connectivity index (χ0v) is 20.4. The molecule has 1 fully saturated rings. The van der Waals surface area contributed by atoms with E-state index < -0.39 is 59.6 Å². The van der Waals surface area contributed by atoms with Crippen LogP contribution >= 0.6 is 12.4 Å². The predicted octanol–water partition coefficient (Wildman–Crippen LogP) is 1.14. The third-order valence-corrected chi connectivity index (χ3v) is 7.18. The number of ether oxygens (including phenoxy) is 3. The van der Waals surface area contributed by atoms with Gasteiger partial charge in [0.15, 0.2) is 5.78 Å². The Bertz CT molecular complexity index is 1230. The number of aliphatic hydroxyl groups excluding tert-OH is 2. The molecule has 2 aromatic rings. The molecule has 1 aliphatic heterocycles. The normalized spacial score (nSPS) is 29.0. The summed E-state index contributed by atoms with van der Waals surface area (Å²) >= 11 is 0. The maximum absolute atomic E-state index is 13.5. The molecule has 2 aliphatic carbocycles. The molecule has 0 saturated carbocycles. The van der Waals surface area contributed by atoms with E-state index in [1.807, 2.05) is 0 Å². The molecule has 11 heteroatoms. The predicted molar refractivity (Wildman–Crippen MR) is 128 cm³/mol. The lowest BCUT2D eigenvalue weighted by Gasteiger charge is -2.40. The summed E-state index contributed by atoms with van der Waals surface area (Å²) in [7, 11) is 1.36. The van der Waals surface area contributed by atoms with Crippen LogP contribution in [0.4, 0.5) is 0 Å². The first kappa shape index (κ1) is 26.3. The van der Waals surface area contributed by atoms with Crippen molar-refractivity contribution in [3.05, 3.63) is 51.6 Å². The second kappa shape index (κ2) is 9.62. The fourth-order valence-electron chi connectivity index (χ4n) is 5.31. The third kappa shape index (κ3) is 3.85. The number of hydrogen-bond acceptors (Lipinski definition) is 10. The highest BCUT2D eigenvalue weighted by molar-refractivity contribution is 6.31. The molecular formula is C25H28ClNO9. The Morgan fingerprint density at radius 1 is 1.06 bits per heavy atom. The summed E-state index contributed by atoms with van der Waals surface area (Å²) in [6.07, 6.45) is -4.21. The largest absolute Gasteiger partial charge is 0.507 e. The van der Waals surface area contributed by atoms with Gasteiger partial charge >= 0.3 is 0 Å².